The van der Waals surface area contributed by atoms with E-state index >= 15 is 0 Å². The number of ether oxygens (including phenoxy) is 1. The van der Waals surface area contributed by atoms with Crippen molar-refractivity contribution in [3.05, 3.63) is 35.8 Å². The number of methoxy groups -OCH3 is 1. The van der Waals surface area contributed by atoms with Crippen molar-refractivity contribution in [1.29, 1.82) is 0 Å². The number of halogens is 1. The van der Waals surface area contributed by atoms with Gasteiger partial charge in [-0.1, -0.05) is 0 Å². The van der Waals surface area contributed by atoms with Gasteiger partial charge in [0.2, 0.25) is 11.8 Å². The summed E-state index contributed by atoms with van der Waals surface area (Å²) < 4.78 is 24.0. The smallest absolute Gasteiger partial charge is 0.230 e. The van der Waals surface area contributed by atoms with Gasteiger partial charge in [0.1, 0.15) is 11.6 Å². The number of benzene rings is 1. The number of hydrogen-bond acceptors (Lipinski definition) is 6. The van der Waals surface area contributed by atoms with Gasteiger partial charge < -0.3 is 14.1 Å². The molecule has 0 atom stereocenters. The lowest BCUT2D eigenvalue weighted by Gasteiger charge is -2.36. The minimum atomic E-state index is -0.286. The van der Waals surface area contributed by atoms with Gasteiger partial charge in [-0.05, 0) is 12.1 Å². The number of nitrogens with zero attached hydrogens (tertiary/aromatic N) is 4. The summed E-state index contributed by atoms with van der Waals surface area (Å²) in [4.78, 5) is 4.47. The molecule has 0 saturated carbocycles. The molecule has 2 aromatic rings. The van der Waals surface area contributed by atoms with Gasteiger partial charge in [-0.3, -0.25) is 4.90 Å². The highest BCUT2D eigenvalue weighted by Crippen LogP contribution is 2.29. The summed E-state index contributed by atoms with van der Waals surface area (Å²) in [5.41, 5.74) is 0.928. The zero-order valence-electron chi connectivity index (χ0n) is 12.8. The number of rotatable bonds is 4. The van der Waals surface area contributed by atoms with E-state index in [1.165, 1.54) is 12.1 Å². The Morgan fingerprint density at radius 3 is 2.64 bits per heavy atom. The summed E-state index contributed by atoms with van der Waals surface area (Å²) in [5, 5.41) is 7.86. The maximum Gasteiger partial charge on any atom is 0.230 e. The van der Waals surface area contributed by atoms with Crippen molar-refractivity contribution < 1.29 is 13.5 Å². The third-order valence-electron chi connectivity index (χ3n) is 3.78. The third kappa shape index (κ3) is 3.19. The molecule has 1 aliphatic rings. The Bertz CT molecular complexity index is 638. The van der Waals surface area contributed by atoms with Gasteiger partial charge in [0.05, 0.1) is 19.3 Å². The van der Waals surface area contributed by atoms with Gasteiger partial charge in [-0.2, -0.15) is 0 Å². The van der Waals surface area contributed by atoms with Crippen LogP contribution in [0.3, 0.4) is 0 Å². The van der Waals surface area contributed by atoms with Gasteiger partial charge in [0.25, 0.3) is 0 Å². The lowest BCUT2D eigenvalue weighted by Crippen LogP contribution is -2.46. The van der Waals surface area contributed by atoms with Crippen molar-refractivity contribution >= 4 is 5.69 Å². The first-order valence-corrected chi connectivity index (χ1v) is 7.25. The minimum absolute atomic E-state index is 0.286. The van der Waals surface area contributed by atoms with Crippen LogP contribution in [-0.2, 0) is 6.54 Å². The monoisotopic (exact) mass is 306 g/mol. The molecule has 6 nitrogen and oxygen atoms in total. The van der Waals surface area contributed by atoms with Crippen molar-refractivity contribution in [3.63, 3.8) is 0 Å². The van der Waals surface area contributed by atoms with E-state index in [0.717, 1.165) is 31.9 Å². The SMILES string of the molecule is COc1cc(F)ccc1N1CCN(Cc2nnc(C)o2)CC1. The predicted molar refractivity (Wildman–Crippen MR) is 79.5 cm³/mol. The number of aryl methyl sites for hydroxylation is 1. The van der Waals surface area contributed by atoms with Crippen LogP contribution in [0.25, 0.3) is 0 Å². The molecule has 1 aromatic carbocycles. The summed E-state index contributed by atoms with van der Waals surface area (Å²) >= 11 is 0. The van der Waals surface area contributed by atoms with E-state index < -0.39 is 0 Å². The van der Waals surface area contributed by atoms with Crippen molar-refractivity contribution in [2.75, 3.05) is 38.2 Å². The Labute approximate surface area is 128 Å². The normalized spacial score (nSPS) is 16.0. The van der Waals surface area contributed by atoms with E-state index in [2.05, 4.69) is 20.0 Å². The van der Waals surface area contributed by atoms with Gasteiger partial charge in [-0.25, -0.2) is 4.39 Å². The topological polar surface area (TPSA) is 54.6 Å². The van der Waals surface area contributed by atoms with E-state index in [1.54, 1.807) is 20.1 Å². The summed E-state index contributed by atoms with van der Waals surface area (Å²) in [5.74, 6) is 1.52. The summed E-state index contributed by atoms with van der Waals surface area (Å²) in [7, 11) is 1.56. The molecular formula is C15H19FN4O2. The first kappa shape index (κ1) is 14.8. The van der Waals surface area contributed by atoms with E-state index in [-0.39, 0.29) is 5.82 Å². The number of hydrogen-bond donors (Lipinski definition) is 0. The second kappa shape index (κ2) is 6.31. The summed E-state index contributed by atoms with van der Waals surface area (Å²) in [6.07, 6.45) is 0. The maximum absolute atomic E-state index is 13.3. The molecule has 2 heterocycles. The Kier molecular flexibility index (Phi) is 4.24. The first-order chi connectivity index (χ1) is 10.7. The molecule has 1 aliphatic heterocycles. The van der Waals surface area contributed by atoms with Crippen LogP contribution >= 0.6 is 0 Å². The number of anilines is 1. The van der Waals surface area contributed by atoms with Crippen molar-refractivity contribution in [2.45, 2.75) is 13.5 Å². The van der Waals surface area contributed by atoms with Crippen LogP contribution in [0.2, 0.25) is 0 Å². The van der Waals surface area contributed by atoms with Crippen LogP contribution in [-0.4, -0.2) is 48.4 Å². The average Bonchev–Trinajstić information content (AvgIpc) is 2.93. The predicted octanol–water partition coefficient (Wildman–Crippen LogP) is 1.85. The highest BCUT2D eigenvalue weighted by molar-refractivity contribution is 5.58. The molecule has 7 heteroatoms. The molecule has 0 aliphatic carbocycles. The molecule has 1 saturated heterocycles. The lowest BCUT2D eigenvalue weighted by molar-refractivity contribution is 0.224. The molecule has 1 fully saturated rings. The van der Waals surface area contributed by atoms with Crippen LogP contribution < -0.4 is 9.64 Å². The quantitative estimate of drug-likeness (QED) is 0.859. The Morgan fingerprint density at radius 1 is 1.23 bits per heavy atom. The highest BCUT2D eigenvalue weighted by atomic mass is 19.1. The first-order valence-electron chi connectivity index (χ1n) is 7.25. The van der Waals surface area contributed by atoms with Crippen LogP contribution in [0, 0.1) is 12.7 Å². The summed E-state index contributed by atoms with van der Waals surface area (Å²) in [6, 6.07) is 4.65. The van der Waals surface area contributed by atoms with Gasteiger partial charge in [-0.15, -0.1) is 10.2 Å². The van der Waals surface area contributed by atoms with E-state index in [4.69, 9.17) is 9.15 Å². The van der Waals surface area contributed by atoms with E-state index in [1.807, 2.05) is 0 Å². The van der Waals surface area contributed by atoms with Crippen LogP contribution in [0.1, 0.15) is 11.8 Å². The fourth-order valence-corrected chi connectivity index (χ4v) is 2.65. The molecule has 0 spiro atoms. The standard InChI is InChI=1S/C15H19FN4O2/c1-11-17-18-15(22-11)10-19-5-7-20(8-6-19)13-4-3-12(16)9-14(13)21-2/h3-4,9H,5-8,10H2,1-2H3. The second-order valence-electron chi connectivity index (χ2n) is 5.29. The van der Waals surface area contributed by atoms with Crippen LogP contribution in [0.5, 0.6) is 5.75 Å². The molecule has 118 valence electrons. The largest absolute Gasteiger partial charge is 0.494 e. The van der Waals surface area contributed by atoms with Crippen molar-refractivity contribution in [3.8, 4) is 5.75 Å². The highest BCUT2D eigenvalue weighted by Gasteiger charge is 2.21. The maximum atomic E-state index is 13.3. The lowest BCUT2D eigenvalue weighted by atomic mass is 10.2. The fourth-order valence-electron chi connectivity index (χ4n) is 2.65. The van der Waals surface area contributed by atoms with Gasteiger partial charge in [0, 0.05) is 39.2 Å². The molecule has 1 aromatic heterocycles. The summed E-state index contributed by atoms with van der Waals surface area (Å²) in [6.45, 7) is 5.89. The van der Waals surface area contributed by atoms with E-state index in [9.17, 15) is 4.39 Å². The molecule has 3 rings (SSSR count). The van der Waals surface area contributed by atoms with Crippen LogP contribution in [0.15, 0.2) is 22.6 Å². The Morgan fingerprint density at radius 2 is 2.00 bits per heavy atom. The molecule has 0 unspecified atom stereocenters. The number of aromatic nitrogens is 2. The zero-order valence-corrected chi connectivity index (χ0v) is 12.8. The zero-order chi connectivity index (χ0) is 15.5. The van der Waals surface area contributed by atoms with Crippen molar-refractivity contribution in [2.24, 2.45) is 0 Å². The van der Waals surface area contributed by atoms with Gasteiger partial charge >= 0.3 is 0 Å². The number of piperazine rings is 1. The Balaban J connectivity index is 1.62. The fraction of sp³-hybridized carbons (Fsp3) is 0.467. The van der Waals surface area contributed by atoms with Gasteiger partial charge in [0.15, 0.2) is 0 Å². The molecule has 0 bridgehead atoms. The average molecular weight is 306 g/mol. The molecule has 0 radical (unpaired) electrons. The molecular weight excluding hydrogens is 287 g/mol. The van der Waals surface area contributed by atoms with Crippen LogP contribution in [0.4, 0.5) is 10.1 Å². The minimum Gasteiger partial charge on any atom is -0.494 e. The Hall–Kier alpha value is -2.15. The molecule has 22 heavy (non-hydrogen) atoms. The molecule has 0 N–H and O–H groups in total. The van der Waals surface area contributed by atoms with Crippen molar-refractivity contribution in [1.82, 2.24) is 15.1 Å². The second-order valence-corrected chi connectivity index (χ2v) is 5.29. The third-order valence-corrected chi connectivity index (χ3v) is 3.78. The molecule has 0 amide bonds. The van der Waals surface area contributed by atoms with E-state index in [0.29, 0.717) is 24.1 Å².